The molecule has 4 N–H and O–H groups in total. The van der Waals surface area contributed by atoms with Crippen molar-refractivity contribution in [1.29, 1.82) is 0 Å². The molecule has 0 bridgehead atoms. The molecule has 1 aromatic heterocycles. The van der Waals surface area contributed by atoms with Crippen LogP contribution in [0.4, 0.5) is 5.69 Å². The minimum atomic E-state index is -0.950. The van der Waals surface area contributed by atoms with Gasteiger partial charge in [-0.1, -0.05) is 43.5 Å². The third-order valence-corrected chi connectivity index (χ3v) is 6.66. The Hall–Kier alpha value is -2.26. The molecule has 0 spiro atoms. The third-order valence-electron chi connectivity index (χ3n) is 6.42. The van der Waals surface area contributed by atoms with Gasteiger partial charge in [0.05, 0.1) is 5.69 Å². The summed E-state index contributed by atoms with van der Waals surface area (Å²) in [6, 6.07) is 7.67. The molecule has 1 heterocycles. The van der Waals surface area contributed by atoms with Gasteiger partial charge in [0.15, 0.2) is 10.8 Å². The SMILES string of the molecule is Cc1nn(-c2ccccc2[NH+]([O-])O)c(C)c1C1C=CC(NC(=S)NC2CCCCC2)C1. The van der Waals surface area contributed by atoms with E-state index < -0.39 is 5.23 Å². The average Bonchev–Trinajstić information content (AvgIpc) is 3.31. The highest BCUT2D eigenvalue weighted by Crippen LogP contribution is 2.34. The first-order valence-corrected chi connectivity index (χ1v) is 11.5. The molecule has 1 saturated carbocycles. The van der Waals surface area contributed by atoms with Gasteiger partial charge in [-0.25, -0.2) is 9.89 Å². The number of aromatic nitrogens is 2. The summed E-state index contributed by atoms with van der Waals surface area (Å²) in [5.74, 6) is 0.223. The Labute approximate surface area is 188 Å². The zero-order chi connectivity index (χ0) is 22.0. The molecule has 3 unspecified atom stereocenters. The lowest BCUT2D eigenvalue weighted by molar-refractivity contribution is -0.991. The summed E-state index contributed by atoms with van der Waals surface area (Å²) in [5.41, 5.74) is 3.91. The molecule has 166 valence electrons. The Morgan fingerprint density at radius 2 is 1.90 bits per heavy atom. The van der Waals surface area contributed by atoms with E-state index in [-0.39, 0.29) is 17.6 Å². The van der Waals surface area contributed by atoms with Gasteiger partial charge in [0.1, 0.15) is 5.69 Å². The van der Waals surface area contributed by atoms with Crippen LogP contribution in [0, 0.1) is 19.1 Å². The summed E-state index contributed by atoms with van der Waals surface area (Å²) >= 11 is 5.56. The van der Waals surface area contributed by atoms with E-state index in [1.165, 1.54) is 32.1 Å². The highest BCUT2D eigenvalue weighted by Gasteiger charge is 2.27. The van der Waals surface area contributed by atoms with E-state index in [0.29, 0.717) is 11.7 Å². The Bertz CT molecular complexity index is 965. The summed E-state index contributed by atoms with van der Waals surface area (Å²) in [7, 11) is 0. The van der Waals surface area contributed by atoms with Crippen LogP contribution in [0.25, 0.3) is 5.69 Å². The summed E-state index contributed by atoms with van der Waals surface area (Å²) in [6.07, 6.45) is 11.6. The first-order chi connectivity index (χ1) is 14.9. The molecule has 7 nitrogen and oxygen atoms in total. The molecule has 1 fully saturated rings. The van der Waals surface area contributed by atoms with Crippen LogP contribution in [0.3, 0.4) is 0 Å². The maximum atomic E-state index is 11.7. The second-order valence-electron chi connectivity index (χ2n) is 8.60. The van der Waals surface area contributed by atoms with Crippen LogP contribution in [-0.4, -0.2) is 32.2 Å². The maximum Gasteiger partial charge on any atom is 0.189 e. The van der Waals surface area contributed by atoms with Crippen molar-refractivity contribution in [1.82, 2.24) is 20.4 Å². The molecule has 2 aliphatic rings. The molecule has 0 saturated heterocycles. The predicted octanol–water partition coefficient (Wildman–Crippen LogP) is 3.10. The topological polar surface area (TPSA) is 89.6 Å². The van der Waals surface area contributed by atoms with Crippen LogP contribution in [0.2, 0.25) is 0 Å². The number of rotatable bonds is 5. The number of nitrogens with one attached hydrogen (secondary N) is 3. The van der Waals surface area contributed by atoms with Crippen molar-refractivity contribution in [3.05, 3.63) is 58.6 Å². The van der Waals surface area contributed by atoms with E-state index in [4.69, 9.17) is 17.3 Å². The van der Waals surface area contributed by atoms with E-state index >= 15 is 0 Å². The van der Waals surface area contributed by atoms with Crippen molar-refractivity contribution >= 4 is 23.0 Å². The number of allylic oxidation sites excluding steroid dienone is 1. The molecule has 0 radical (unpaired) electrons. The van der Waals surface area contributed by atoms with Crippen molar-refractivity contribution in [2.75, 3.05) is 0 Å². The molecular weight excluding hydrogens is 410 g/mol. The van der Waals surface area contributed by atoms with E-state index in [2.05, 4.69) is 22.8 Å². The second kappa shape index (κ2) is 9.48. The average molecular weight is 442 g/mol. The fourth-order valence-electron chi connectivity index (χ4n) is 4.93. The molecule has 0 aliphatic heterocycles. The molecule has 8 heteroatoms. The highest BCUT2D eigenvalue weighted by molar-refractivity contribution is 7.80. The fourth-order valence-corrected chi connectivity index (χ4v) is 5.25. The number of aryl methyl sites for hydroxylation is 1. The molecule has 2 aliphatic carbocycles. The lowest BCUT2D eigenvalue weighted by Gasteiger charge is -2.25. The lowest BCUT2D eigenvalue weighted by Crippen LogP contribution is -2.99. The number of benzene rings is 1. The normalized spacial score (nSPS) is 22.5. The van der Waals surface area contributed by atoms with Crippen LogP contribution in [0.5, 0.6) is 0 Å². The fraction of sp³-hybridized carbons (Fsp3) is 0.478. The predicted molar refractivity (Wildman–Crippen MR) is 125 cm³/mol. The zero-order valence-corrected chi connectivity index (χ0v) is 18.9. The van der Waals surface area contributed by atoms with Crippen molar-refractivity contribution in [3.8, 4) is 5.69 Å². The summed E-state index contributed by atoms with van der Waals surface area (Å²) in [5, 5.41) is 32.6. The van der Waals surface area contributed by atoms with Gasteiger partial charge in [-0.3, -0.25) is 0 Å². The number of para-hydroxylation sites is 2. The van der Waals surface area contributed by atoms with E-state index in [1.54, 1.807) is 22.9 Å². The van der Waals surface area contributed by atoms with Crippen molar-refractivity contribution < 1.29 is 10.4 Å². The van der Waals surface area contributed by atoms with Gasteiger partial charge in [0, 0.05) is 35.3 Å². The second-order valence-corrected chi connectivity index (χ2v) is 9.01. The number of quaternary nitrogens is 1. The first-order valence-electron chi connectivity index (χ1n) is 11.1. The van der Waals surface area contributed by atoms with Crippen molar-refractivity contribution in [2.45, 2.75) is 70.4 Å². The molecular formula is C23H31N5O2S. The van der Waals surface area contributed by atoms with Crippen LogP contribution < -0.4 is 15.9 Å². The summed E-state index contributed by atoms with van der Waals surface area (Å²) in [6.45, 7) is 4.00. The molecule has 4 rings (SSSR count). The number of thiocarbonyl (C=S) groups is 1. The van der Waals surface area contributed by atoms with Crippen LogP contribution >= 0.6 is 12.2 Å². The first kappa shape index (κ1) is 22.0. The van der Waals surface area contributed by atoms with Gasteiger partial charge >= 0.3 is 0 Å². The minimum Gasteiger partial charge on any atom is -0.595 e. The quantitative estimate of drug-likeness (QED) is 0.324. The smallest absolute Gasteiger partial charge is 0.189 e. The minimum absolute atomic E-state index is 0.182. The maximum absolute atomic E-state index is 11.7. The molecule has 1 aromatic carbocycles. The van der Waals surface area contributed by atoms with Gasteiger partial charge in [-0.2, -0.15) is 10.3 Å². The number of hydrogen-bond donors (Lipinski definition) is 4. The third kappa shape index (κ3) is 4.82. The number of hydrogen-bond acceptors (Lipinski definition) is 4. The van der Waals surface area contributed by atoms with Gasteiger partial charge in [0.2, 0.25) is 0 Å². The van der Waals surface area contributed by atoms with Crippen LogP contribution in [-0.2, 0) is 0 Å². The van der Waals surface area contributed by atoms with E-state index in [9.17, 15) is 10.4 Å². The molecule has 3 atom stereocenters. The van der Waals surface area contributed by atoms with Crippen LogP contribution in [0.1, 0.15) is 61.4 Å². The Balaban J connectivity index is 1.45. The lowest BCUT2D eigenvalue weighted by atomic mass is 9.95. The number of nitrogens with zero attached hydrogens (tertiary/aromatic N) is 2. The Kier molecular flexibility index (Phi) is 6.71. The largest absolute Gasteiger partial charge is 0.595 e. The van der Waals surface area contributed by atoms with Gasteiger partial charge in [-0.05, 0) is 51.4 Å². The molecule has 0 amide bonds. The van der Waals surface area contributed by atoms with Crippen molar-refractivity contribution in [3.63, 3.8) is 0 Å². The highest BCUT2D eigenvalue weighted by atomic mass is 32.1. The summed E-state index contributed by atoms with van der Waals surface area (Å²) in [4.78, 5) is 0. The van der Waals surface area contributed by atoms with Crippen molar-refractivity contribution in [2.24, 2.45) is 0 Å². The molecule has 2 aromatic rings. The van der Waals surface area contributed by atoms with E-state index in [0.717, 1.165) is 28.5 Å². The zero-order valence-electron chi connectivity index (χ0n) is 18.1. The Morgan fingerprint density at radius 3 is 2.65 bits per heavy atom. The Morgan fingerprint density at radius 1 is 1.16 bits per heavy atom. The van der Waals surface area contributed by atoms with Crippen LogP contribution in [0.15, 0.2) is 36.4 Å². The van der Waals surface area contributed by atoms with Gasteiger partial charge in [0.25, 0.3) is 0 Å². The van der Waals surface area contributed by atoms with Gasteiger partial charge in [-0.15, -0.1) is 0 Å². The monoisotopic (exact) mass is 441 g/mol. The van der Waals surface area contributed by atoms with Gasteiger partial charge < -0.3 is 15.8 Å². The molecule has 31 heavy (non-hydrogen) atoms. The van der Waals surface area contributed by atoms with E-state index in [1.807, 2.05) is 19.9 Å². The standard InChI is InChI=1S/C23H31N5O2S/c1-15-22(16(2)27(26-15)20-10-6-7-11-21(20)28(29)30)17-12-13-19(14-17)25-23(31)24-18-8-4-3-5-9-18/h6-7,10-13,17-19,28-29H,3-5,8-9,14H2,1-2H3,(H2,24,25,31). The summed E-state index contributed by atoms with van der Waals surface area (Å²) < 4.78 is 1.76.